The molecule has 110 valence electrons. The lowest BCUT2D eigenvalue weighted by atomic mass is 9.85. The summed E-state index contributed by atoms with van der Waals surface area (Å²) in [6.45, 7) is 1.61. The standard InChI is InChI=1S/C15H23N3O2/c1-2-6-12-10(4-1)8-13(16-12)15-17-14(18-20-15)11-5-3-7-19-9-11/h10-13,16H,1-9H2. The molecule has 0 amide bonds. The predicted octanol–water partition coefficient (Wildman–Crippen LogP) is 2.56. The third-order valence-corrected chi connectivity index (χ3v) is 5.14. The molecule has 2 aliphatic heterocycles. The van der Waals surface area contributed by atoms with E-state index in [0.29, 0.717) is 12.0 Å². The van der Waals surface area contributed by atoms with Crippen molar-refractivity contribution in [3.05, 3.63) is 11.7 Å². The van der Waals surface area contributed by atoms with Crippen LogP contribution in [-0.4, -0.2) is 29.4 Å². The molecule has 0 radical (unpaired) electrons. The highest BCUT2D eigenvalue weighted by Crippen LogP contribution is 2.38. The van der Waals surface area contributed by atoms with Crippen LogP contribution < -0.4 is 5.32 Å². The number of ether oxygens (including phenoxy) is 1. The van der Waals surface area contributed by atoms with Crippen LogP contribution in [0.2, 0.25) is 0 Å². The van der Waals surface area contributed by atoms with Crippen LogP contribution >= 0.6 is 0 Å². The van der Waals surface area contributed by atoms with Gasteiger partial charge in [0.25, 0.3) is 0 Å². The molecule has 0 spiro atoms. The van der Waals surface area contributed by atoms with Crippen LogP contribution in [0.25, 0.3) is 0 Å². The van der Waals surface area contributed by atoms with Gasteiger partial charge in [-0.2, -0.15) is 4.98 Å². The summed E-state index contributed by atoms with van der Waals surface area (Å²) in [4.78, 5) is 4.65. The van der Waals surface area contributed by atoms with Crippen LogP contribution in [0.5, 0.6) is 0 Å². The van der Waals surface area contributed by atoms with Crippen molar-refractivity contribution < 1.29 is 9.26 Å². The van der Waals surface area contributed by atoms with Crippen molar-refractivity contribution in [1.29, 1.82) is 0 Å². The molecular weight excluding hydrogens is 254 g/mol. The maximum absolute atomic E-state index is 5.53. The molecule has 20 heavy (non-hydrogen) atoms. The Balaban J connectivity index is 1.45. The molecule has 0 bridgehead atoms. The minimum Gasteiger partial charge on any atom is -0.381 e. The summed E-state index contributed by atoms with van der Waals surface area (Å²) in [5.41, 5.74) is 0. The lowest BCUT2D eigenvalue weighted by Gasteiger charge is -2.24. The summed E-state index contributed by atoms with van der Waals surface area (Å²) in [7, 11) is 0. The van der Waals surface area contributed by atoms with Crippen molar-refractivity contribution >= 4 is 0 Å². The zero-order valence-corrected chi connectivity index (χ0v) is 11.9. The zero-order valence-electron chi connectivity index (χ0n) is 11.9. The topological polar surface area (TPSA) is 60.2 Å². The number of rotatable bonds is 2. The fourth-order valence-electron chi connectivity index (χ4n) is 4.01. The largest absolute Gasteiger partial charge is 0.381 e. The maximum Gasteiger partial charge on any atom is 0.243 e. The van der Waals surface area contributed by atoms with Gasteiger partial charge in [-0.05, 0) is 38.0 Å². The van der Waals surface area contributed by atoms with E-state index in [1.165, 1.54) is 25.7 Å². The highest BCUT2D eigenvalue weighted by molar-refractivity contribution is 5.04. The minimum atomic E-state index is 0.272. The summed E-state index contributed by atoms with van der Waals surface area (Å²) in [5, 5.41) is 7.89. The molecule has 1 aromatic heterocycles. The van der Waals surface area contributed by atoms with Gasteiger partial charge in [0, 0.05) is 18.6 Å². The zero-order chi connectivity index (χ0) is 13.4. The Bertz CT molecular complexity index is 442. The predicted molar refractivity (Wildman–Crippen MR) is 73.3 cm³/mol. The fraction of sp³-hybridized carbons (Fsp3) is 0.867. The normalized spacial score (nSPS) is 37.8. The van der Waals surface area contributed by atoms with E-state index in [4.69, 9.17) is 9.26 Å². The lowest BCUT2D eigenvalue weighted by molar-refractivity contribution is 0.0773. The Kier molecular flexibility index (Phi) is 3.48. The molecule has 5 heteroatoms. The third-order valence-electron chi connectivity index (χ3n) is 5.14. The van der Waals surface area contributed by atoms with Gasteiger partial charge >= 0.3 is 0 Å². The van der Waals surface area contributed by atoms with E-state index < -0.39 is 0 Å². The number of nitrogens with zero attached hydrogens (tertiary/aromatic N) is 2. The van der Waals surface area contributed by atoms with E-state index in [2.05, 4.69) is 15.5 Å². The van der Waals surface area contributed by atoms with Crippen molar-refractivity contribution in [2.45, 2.75) is 62.9 Å². The first-order chi connectivity index (χ1) is 9.90. The van der Waals surface area contributed by atoms with Crippen molar-refractivity contribution in [3.63, 3.8) is 0 Å². The van der Waals surface area contributed by atoms with Crippen LogP contribution in [0.4, 0.5) is 0 Å². The quantitative estimate of drug-likeness (QED) is 0.900. The van der Waals surface area contributed by atoms with Gasteiger partial charge in [0.2, 0.25) is 5.89 Å². The highest BCUT2D eigenvalue weighted by Gasteiger charge is 2.38. The summed E-state index contributed by atoms with van der Waals surface area (Å²) >= 11 is 0. The maximum atomic E-state index is 5.53. The first-order valence-electron chi connectivity index (χ1n) is 8.07. The Morgan fingerprint density at radius 1 is 1.10 bits per heavy atom. The van der Waals surface area contributed by atoms with Crippen LogP contribution in [0.15, 0.2) is 4.52 Å². The molecule has 3 aliphatic rings. The monoisotopic (exact) mass is 277 g/mol. The van der Waals surface area contributed by atoms with Crippen molar-refractivity contribution in [3.8, 4) is 0 Å². The summed E-state index contributed by atoms with van der Waals surface area (Å²) in [5.74, 6) is 2.77. The molecule has 4 atom stereocenters. The average molecular weight is 277 g/mol. The number of hydrogen-bond donors (Lipinski definition) is 1. The molecule has 3 fully saturated rings. The van der Waals surface area contributed by atoms with Gasteiger partial charge in [-0.25, -0.2) is 0 Å². The summed E-state index contributed by atoms with van der Waals surface area (Å²) in [6, 6.07) is 0.941. The first kappa shape index (κ1) is 12.8. The second-order valence-corrected chi connectivity index (χ2v) is 6.51. The van der Waals surface area contributed by atoms with Gasteiger partial charge in [-0.1, -0.05) is 18.0 Å². The van der Waals surface area contributed by atoms with Gasteiger partial charge < -0.3 is 14.6 Å². The van der Waals surface area contributed by atoms with Crippen LogP contribution in [-0.2, 0) is 4.74 Å². The van der Waals surface area contributed by atoms with E-state index in [9.17, 15) is 0 Å². The highest BCUT2D eigenvalue weighted by atomic mass is 16.5. The second kappa shape index (κ2) is 5.45. The summed E-state index contributed by atoms with van der Waals surface area (Å²) < 4.78 is 11.0. The number of nitrogens with one attached hydrogen (secondary N) is 1. The molecule has 0 aromatic carbocycles. The van der Waals surface area contributed by atoms with Crippen molar-refractivity contribution in [2.24, 2.45) is 5.92 Å². The molecule has 4 rings (SSSR count). The SMILES string of the molecule is C1COCC(c2noc(C3CC4CCCCC4N3)n2)C1. The lowest BCUT2D eigenvalue weighted by Crippen LogP contribution is -2.30. The Labute approximate surface area is 119 Å². The molecule has 4 unspecified atom stereocenters. The van der Waals surface area contributed by atoms with Crippen LogP contribution in [0.1, 0.15) is 68.6 Å². The molecule has 3 heterocycles. The Hall–Kier alpha value is -0.940. The molecule has 1 aromatic rings. The van der Waals surface area contributed by atoms with E-state index in [-0.39, 0.29) is 6.04 Å². The number of hydrogen-bond acceptors (Lipinski definition) is 5. The first-order valence-corrected chi connectivity index (χ1v) is 8.07. The number of fused-ring (bicyclic) bond motifs is 1. The van der Waals surface area contributed by atoms with Crippen molar-refractivity contribution in [1.82, 2.24) is 15.5 Å². The van der Waals surface area contributed by atoms with Gasteiger partial charge in [-0.3, -0.25) is 0 Å². The van der Waals surface area contributed by atoms with E-state index >= 15 is 0 Å². The molecule has 5 nitrogen and oxygen atoms in total. The van der Waals surface area contributed by atoms with Gasteiger partial charge in [0.05, 0.1) is 12.6 Å². The van der Waals surface area contributed by atoms with E-state index in [1.54, 1.807) is 0 Å². The second-order valence-electron chi connectivity index (χ2n) is 6.51. The Morgan fingerprint density at radius 2 is 2.05 bits per heavy atom. The van der Waals surface area contributed by atoms with Gasteiger partial charge in [0.1, 0.15) is 0 Å². The van der Waals surface area contributed by atoms with Gasteiger partial charge in [0.15, 0.2) is 5.82 Å². The van der Waals surface area contributed by atoms with E-state index in [0.717, 1.165) is 50.1 Å². The smallest absolute Gasteiger partial charge is 0.243 e. The van der Waals surface area contributed by atoms with E-state index in [1.807, 2.05) is 0 Å². The average Bonchev–Trinajstić information content (AvgIpc) is 3.14. The number of aromatic nitrogens is 2. The fourth-order valence-corrected chi connectivity index (χ4v) is 4.01. The molecule has 1 saturated carbocycles. The van der Waals surface area contributed by atoms with Gasteiger partial charge in [-0.15, -0.1) is 0 Å². The third kappa shape index (κ3) is 2.37. The van der Waals surface area contributed by atoms with Crippen LogP contribution in [0.3, 0.4) is 0 Å². The molecular formula is C15H23N3O2. The van der Waals surface area contributed by atoms with Crippen LogP contribution in [0, 0.1) is 5.92 Å². The molecule has 1 aliphatic carbocycles. The minimum absolute atomic E-state index is 0.272. The van der Waals surface area contributed by atoms with Crippen molar-refractivity contribution in [2.75, 3.05) is 13.2 Å². The molecule has 1 N–H and O–H groups in total. The molecule has 2 saturated heterocycles. The summed E-state index contributed by atoms with van der Waals surface area (Å²) in [6.07, 6.45) is 8.76. The Morgan fingerprint density at radius 3 is 2.90 bits per heavy atom.